The van der Waals surface area contributed by atoms with E-state index in [2.05, 4.69) is 28.3 Å². The van der Waals surface area contributed by atoms with E-state index >= 15 is 0 Å². The van der Waals surface area contributed by atoms with Crippen molar-refractivity contribution in [2.24, 2.45) is 5.92 Å². The van der Waals surface area contributed by atoms with Gasteiger partial charge in [0.2, 0.25) is 0 Å². The van der Waals surface area contributed by atoms with Crippen LogP contribution in [-0.2, 0) is 6.42 Å². The highest BCUT2D eigenvalue weighted by Crippen LogP contribution is 2.23. The second kappa shape index (κ2) is 5.83. The van der Waals surface area contributed by atoms with Gasteiger partial charge in [-0.3, -0.25) is 0 Å². The Morgan fingerprint density at radius 2 is 2.06 bits per heavy atom. The molecule has 1 aliphatic carbocycles. The highest BCUT2D eigenvalue weighted by atomic mass is 15.0. The van der Waals surface area contributed by atoms with E-state index in [0.29, 0.717) is 0 Å². The number of anilines is 1. The van der Waals surface area contributed by atoms with Crippen LogP contribution in [0.1, 0.15) is 44.7 Å². The van der Waals surface area contributed by atoms with Crippen LogP contribution in [0.15, 0.2) is 12.4 Å². The van der Waals surface area contributed by atoms with E-state index in [0.717, 1.165) is 30.4 Å². The molecular formula is C13H21N3. The maximum absolute atomic E-state index is 4.25. The van der Waals surface area contributed by atoms with Crippen molar-refractivity contribution in [3.8, 4) is 0 Å². The first-order valence-electron chi connectivity index (χ1n) is 6.43. The van der Waals surface area contributed by atoms with E-state index in [9.17, 15) is 0 Å². The molecule has 88 valence electrons. The van der Waals surface area contributed by atoms with Gasteiger partial charge in [0.1, 0.15) is 12.1 Å². The fourth-order valence-corrected chi connectivity index (χ4v) is 2.33. The third-order valence-corrected chi connectivity index (χ3v) is 3.38. The Balaban J connectivity index is 1.83. The smallest absolute Gasteiger partial charge is 0.129 e. The van der Waals surface area contributed by atoms with Crippen molar-refractivity contribution >= 4 is 5.82 Å². The molecule has 0 unspecified atom stereocenters. The topological polar surface area (TPSA) is 37.8 Å². The van der Waals surface area contributed by atoms with Gasteiger partial charge >= 0.3 is 0 Å². The minimum absolute atomic E-state index is 0.841. The molecular weight excluding hydrogens is 198 g/mol. The second-order valence-electron chi connectivity index (χ2n) is 4.63. The molecule has 1 saturated carbocycles. The Hall–Kier alpha value is -1.12. The van der Waals surface area contributed by atoms with Gasteiger partial charge in [0.25, 0.3) is 0 Å². The molecule has 3 nitrogen and oxygen atoms in total. The first-order chi connectivity index (χ1) is 7.88. The molecule has 0 bridgehead atoms. The molecule has 1 aromatic heterocycles. The molecule has 0 atom stereocenters. The Kier molecular flexibility index (Phi) is 4.14. The zero-order chi connectivity index (χ0) is 11.2. The molecule has 2 rings (SSSR count). The Morgan fingerprint density at radius 1 is 1.25 bits per heavy atom. The van der Waals surface area contributed by atoms with E-state index in [1.54, 1.807) is 6.33 Å². The van der Waals surface area contributed by atoms with Crippen LogP contribution in [0.5, 0.6) is 0 Å². The predicted molar refractivity (Wildman–Crippen MR) is 66.5 cm³/mol. The van der Waals surface area contributed by atoms with Gasteiger partial charge in [0, 0.05) is 18.3 Å². The average Bonchev–Trinajstić information content (AvgIpc) is 2.38. The van der Waals surface area contributed by atoms with Crippen LogP contribution in [0.3, 0.4) is 0 Å². The summed E-state index contributed by atoms with van der Waals surface area (Å²) in [6.07, 6.45) is 9.59. The maximum atomic E-state index is 4.25. The van der Waals surface area contributed by atoms with Gasteiger partial charge in [-0.2, -0.15) is 0 Å². The van der Waals surface area contributed by atoms with Crippen molar-refractivity contribution in [2.45, 2.75) is 45.4 Å². The minimum Gasteiger partial charge on any atom is -0.370 e. The van der Waals surface area contributed by atoms with Crippen LogP contribution < -0.4 is 5.32 Å². The first kappa shape index (κ1) is 11.4. The molecule has 0 radical (unpaired) electrons. The summed E-state index contributed by atoms with van der Waals surface area (Å²) < 4.78 is 0. The van der Waals surface area contributed by atoms with E-state index in [1.807, 2.05) is 0 Å². The van der Waals surface area contributed by atoms with E-state index in [4.69, 9.17) is 0 Å². The summed E-state index contributed by atoms with van der Waals surface area (Å²) in [6, 6.07) is 2.06. The largest absolute Gasteiger partial charge is 0.370 e. The van der Waals surface area contributed by atoms with Crippen LogP contribution in [0.25, 0.3) is 0 Å². The average molecular weight is 219 g/mol. The molecule has 0 amide bonds. The van der Waals surface area contributed by atoms with E-state index in [-0.39, 0.29) is 0 Å². The number of nitrogens with zero attached hydrogens (tertiary/aromatic N) is 2. The van der Waals surface area contributed by atoms with Crippen LogP contribution in [0.2, 0.25) is 0 Å². The molecule has 0 saturated heterocycles. The number of nitrogens with one attached hydrogen (secondary N) is 1. The van der Waals surface area contributed by atoms with Crippen LogP contribution >= 0.6 is 0 Å². The third kappa shape index (κ3) is 3.19. The van der Waals surface area contributed by atoms with Crippen molar-refractivity contribution in [1.82, 2.24) is 9.97 Å². The summed E-state index contributed by atoms with van der Waals surface area (Å²) in [7, 11) is 0. The predicted octanol–water partition coefficient (Wildman–Crippen LogP) is 3.03. The number of aromatic nitrogens is 2. The van der Waals surface area contributed by atoms with Gasteiger partial charge in [-0.05, 0) is 25.2 Å². The number of rotatable bonds is 4. The molecule has 1 fully saturated rings. The summed E-state index contributed by atoms with van der Waals surface area (Å²) in [5, 5.41) is 3.44. The lowest BCUT2D eigenvalue weighted by Gasteiger charge is -2.21. The Bertz CT molecular complexity index is 319. The first-order valence-corrected chi connectivity index (χ1v) is 6.43. The fraction of sp³-hybridized carbons (Fsp3) is 0.692. The van der Waals surface area contributed by atoms with Gasteiger partial charge in [0.15, 0.2) is 0 Å². The maximum Gasteiger partial charge on any atom is 0.129 e. The summed E-state index contributed by atoms with van der Waals surface area (Å²) in [4.78, 5) is 8.45. The molecule has 16 heavy (non-hydrogen) atoms. The van der Waals surface area contributed by atoms with Crippen molar-refractivity contribution in [1.29, 1.82) is 0 Å². The van der Waals surface area contributed by atoms with Gasteiger partial charge in [-0.15, -0.1) is 0 Å². The molecule has 0 aliphatic heterocycles. The molecule has 1 aromatic rings. The third-order valence-electron chi connectivity index (χ3n) is 3.38. The SMILES string of the molecule is CCc1cc(NCC2CCCCC2)ncn1. The summed E-state index contributed by atoms with van der Waals surface area (Å²) in [5.74, 6) is 1.83. The highest BCUT2D eigenvalue weighted by Gasteiger charge is 2.12. The number of hydrogen-bond donors (Lipinski definition) is 1. The summed E-state index contributed by atoms with van der Waals surface area (Å²) >= 11 is 0. The molecule has 0 spiro atoms. The number of aryl methyl sites for hydroxylation is 1. The van der Waals surface area contributed by atoms with E-state index < -0.39 is 0 Å². The monoisotopic (exact) mass is 219 g/mol. The zero-order valence-corrected chi connectivity index (χ0v) is 10.1. The summed E-state index contributed by atoms with van der Waals surface area (Å²) in [6.45, 7) is 3.19. The van der Waals surface area contributed by atoms with Gasteiger partial charge < -0.3 is 5.32 Å². The quantitative estimate of drug-likeness (QED) is 0.845. The molecule has 1 N–H and O–H groups in total. The standard InChI is InChI=1S/C13H21N3/c1-2-12-8-13(16-10-15-12)14-9-11-6-4-3-5-7-11/h8,10-11H,2-7,9H2,1H3,(H,14,15,16). The second-order valence-corrected chi connectivity index (χ2v) is 4.63. The van der Waals surface area contributed by atoms with Crippen molar-refractivity contribution in [3.63, 3.8) is 0 Å². The van der Waals surface area contributed by atoms with Crippen LogP contribution in [-0.4, -0.2) is 16.5 Å². The normalized spacial score (nSPS) is 17.3. The van der Waals surface area contributed by atoms with Gasteiger partial charge in [0.05, 0.1) is 0 Å². The lowest BCUT2D eigenvalue weighted by atomic mass is 9.89. The molecule has 0 aromatic carbocycles. The zero-order valence-electron chi connectivity index (χ0n) is 10.1. The lowest BCUT2D eigenvalue weighted by Crippen LogP contribution is -2.17. The fourth-order valence-electron chi connectivity index (χ4n) is 2.33. The lowest BCUT2D eigenvalue weighted by molar-refractivity contribution is 0.373. The Morgan fingerprint density at radius 3 is 2.81 bits per heavy atom. The number of hydrogen-bond acceptors (Lipinski definition) is 3. The van der Waals surface area contributed by atoms with Crippen LogP contribution in [0.4, 0.5) is 5.82 Å². The molecule has 1 aliphatic rings. The van der Waals surface area contributed by atoms with Crippen LogP contribution in [0, 0.1) is 5.92 Å². The van der Waals surface area contributed by atoms with Crippen molar-refractivity contribution < 1.29 is 0 Å². The van der Waals surface area contributed by atoms with Gasteiger partial charge in [-0.25, -0.2) is 9.97 Å². The summed E-state index contributed by atoms with van der Waals surface area (Å²) in [5.41, 5.74) is 1.11. The highest BCUT2D eigenvalue weighted by molar-refractivity contribution is 5.34. The minimum atomic E-state index is 0.841. The van der Waals surface area contributed by atoms with Gasteiger partial charge in [-0.1, -0.05) is 26.2 Å². The van der Waals surface area contributed by atoms with Crippen molar-refractivity contribution in [3.05, 3.63) is 18.1 Å². The molecule has 1 heterocycles. The van der Waals surface area contributed by atoms with E-state index in [1.165, 1.54) is 32.1 Å². The Labute approximate surface area is 97.7 Å². The van der Waals surface area contributed by atoms with Crippen molar-refractivity contribution in [2.75, 3.05) is 11.9 Å². The molecule has 3 heteroatoms.